The van der Waals surface area contributed by atoms with Gasteiger partial charge in [-0.2, -0.15) is 4.98 Å². The van der Waals surface area contributed by atoms with E-state index in [-0.39, 0.29) is 29.3 Å². The Kier molecular flexibility index (Phi) is 8.69. The molecule has 0 radical (unpaired) electrons. The van der Waals surface area contributed by atoms with Crippen molar-refractivity contribution < 1.29 is 18.8 Å². The second-order valence-electron chi connectivity index (χ2n) is 6.84. The third-order valence-electron chi connectivity index (χ3n) is 4.39. The number of carbonyl (C=O) groups is 1. The molecule has 12 heteroatoms. The number of esters is 1. The lowest BCUT2D eigenvalue weighted by Gasteiger charge is -2.22. The Hall–Kier alpha value is -2.85. The second kappa shape index (κ2) is 11.7. The van der Waals surface area contributed by atoms with Crippen LogP contribution in [0.1, 0.15) is 19.4 Å². The van der Waals surface area contributed by atoms with Crippen molar-refractivity contribution in [1.29, 1.82) is 0 Å². The van der Waals surface area contributed by atoms with Gasteiger partial charge in [-0.25, -0.2) is 4.98 Å². The highest BCUT2D eigenvalue weighted by molar-refractivity contribution is 7.50. The zero-order valence-corrected chi connectivity index (χ0v) is 18.9. The minimum atomic E-state index is -1.27. The Morgan fingerprint density at radius 3 is 2.88 bits per heavy atom. The summed E-state index contributed by atoms with van der Waals surface area (Å²) in [5.74, 6) is -0.317. The van der Waals surface area contributed by atoms with Crippen LogP contribution in [0.3, 0.4) is 0 Å². The van der Waals surface area contributed by atoms with Gasteiger partial charge in [0.05, 0.1) is 26.1 Å². The van der Waals surface area contributed by atoms with Gasteiger partial charge in [-0.15, -0.1) is 0 Å². The number of H-pyrrole nitrogens is 1. The number of hydrogen-bond acceptors (Lipinski definition) is 9. The maximum atomic E-state index is 12.0. The van der Waals surface area contributed by atoms with E-state index in [1.165, 1.54) is 6.33 Å². The molecule has 2 heterocycles. The van der Waals surface area contributed by atoms with E-state index in [2.05, 4.69) is 20.0 Å². The Morgan fingerprint density at radius 1 is 1.34 bits per heavy atom. The molecule has 0 saturated heterocycles. The van der Waals surface area contributed by atoms with Crippen LogP contribution in [0.25, 0.3) is 11.2 Å². The number of aromatic nitrogens is 4. The highest BCUT2D eigenvalue weighted by Gasteiger charge is 2.20. The Morgan fingerprint density at radius 2 is 2.12 bits per heavy atom. The molecule has 32 heavy (non-hydrogen) atoms. The first-order valence-electron chi connectivity index (χ1n) is 10.1. The minimum absolute atomic E-state index is 0.0279. The molecular formula is C20H27N6O5P. The molecule has 0 aliphatic heterocycles. The Bertz CT molecular complexity index is 1070. The van der Waals surface area contributed by atoms with Crippen molar-refractivity contribution in [3.63, 3.8) is 0 Å². The number of nitrogens with one attached hydrogen (secondary N) is 2. The van der Waals surface area contributed by atoms with Crippen molar-refractivity contribution in [2.75, 3.05) is 25.3 Å². The first kappa shape index (κ1) is 23.8. The molecule has 1 unspecified atom stereocenters. The zero-order valence-electron chi connectivity index (χ0n) is 18.0. The molecule has 1 aromatic carbocycles. The summed E-state index contributed by atoms with van der Waals surface area (Å²) >= 11 is 0. The third kappa shape index (κ3) is 6.57. The molecule has 0 fully saturated rings. The van der Waals surface area contributed by atoms with Crippen molar-refractivity contribution in [2.24, 2.45) is 0 Å². The van der Waals surface area contributed by atoms with E-state index >= 15 is 0 Å². The lowest BCUT2D eigenvalue weighted by atomic mass is 10.2. The number of ether oxygens (including phenoxy) is 2. The largest absolute Gasteiger partial charge is 0.465 e. The summed E-state index contributed by atoms with van der Waals surface area (Å²) < 4.78 is 18.6. The van der Waals surface area contributed by atoms with Crippen molar-refractivity contribution in [2.45, 2.75) is 33.0 Å². The van der Waals surface area contributed by atoms with Gasteiger partial charge in [-0.3, -0.25) is 19.7 Å². The normalized spacial score (nSPS) is 13.2. The average molecular weight is 462 g/mol. The monoisotopic (exact) mass is 462 g/mol. The number of benzene rings is 1. The molecule has 2 atom stereocenters. The van der Waals surface area contributed by atoms with Crippen LogP contribution >= 0.6 is 8.30 Å². The summed E-state index contributed by atoms with van der Waals surface area (Å²) in [5, 5.41) is 3.16. The molecule has 4 N–H and O–H groups in total. The maximum Gasteiger partial charge on any atom is 0.323 e. The van der Waals surface area contributed by atoms with Crippen LogP contribution in [0.15, 0.2) is 41.5 Å². The van der Waals surface area contributed by atoms with E-state index in [1.807, 2.05) is 30.3 Å². The molecule has 0 aliphatic carbocycles. The van der Waals surface area contributed by atoms with E-state index in [9.17, 15) is 9.59 Å². The molecule has 3 rings (SSSR count). The van der Waals surface area contributed by atoms with Crippen molar-refractivity contribution in [3.8, 4) is 0 Å². The molecule has 11 nitrogen and oxygen atoms in total. The SMILES string of the molecule is CCOC(=O)[C@H](C)NP(COCCn1cnc2c(=O)[nH]c(N)nc21)OCc1ccccc1. The van der Waals surface area contributed by atoms with Crippen LogP contribution in [-0.4, -0.2) is 51.1 Å². The number of aromatic amines is 1. The van der Waals surface area contributed by atoms with Gasteiger partial charge in [0.2, 0.25) is 5.95 Å². The number of imidazole rings is 1. The van der Waals surface area contributed by atoms with Gasteiger partial charge in [-0.1, -0.05) is 30.3 Å². The minimum Gasteiger partial charge on any atom is -0.465 e. The van der Waals surface area contributed by atoms with Crippen LogP contribution in [-0.2, 0) is 31.9 Å². The summed E-state index contributed by atoms with van der Waals surface area (Å²) in [7, 11) is -1.27. The van der Waals surface area contributed by atoms with Crippen molar-refractivity contribution >= 4 is 31.4 Å². The smallest absolute Gasteiger partial charge is 0.323 e. The third-order valence-corrected chi connectivity index (χ3v) is 5.92. The first-order chi connectivity index (χ1) is 15.5. The van der Waals surface area contributed by atoms with Gasteiger partial charge >= 0.3 is 5.97 Å². The van der Waals surface area contributed by atoms with Gasteiger partial charge in [0.25, 0.3) is 5.56 Å². The Labute approximate surface area is 186 Å². The predicted octanol–water partition coefficient (Wildman–Crippen LogP) is 1.75. The van der Waals surface area contributed by atoms with Crippen molar-refractivity contribution in [1.82, 2.24) is 24.6 Å². The topological polar surface area (TPSA) is 146 Å². The van der Waals surface area contributed by atoms with E-state index in [1.54, 1.807) is 18.4 Å². The standard InChI is InChI=1S/C20H27N6O5P/c1-3-30-19(28)14(2)25-32(31-11-15-7-5-4-6-8-15)13-29-10-9-26-12-22-16-17(26)23-20(21)24-18(16)27/h4-8,12,14,25H,3,9-11,13H2,1-2H3,(H3,21,23,24,27)/t14-,32?/m0/s1. The van der Waals surface area contributed by atoms with E-state index in [4.69, 9.17) is 19.7 Å². The summed E-state index contributed by atoms with van der Waals surface area (Å²) in [6, 6.07) is 9.21. The molecule has 0 spiro atoms. The number of nitrogen functional groups attached to an aromatic ring is 1. The molecule has 0 bridgehead atoms. The summed E-state index contributed by atoms with van der Waals surface area (Å²) in [4.78, 5) is 34.5. The number of carbonyl (C=O) groups excluding carboxylic acids is 1. The number of hydrogen-bond donors (Lipinski definition) is 3. The molecule has 3 aromatic rings. The zero-order chi connectivity index (χ0) is 22.9. The van der Waals surface area contributed by atoms with Crippen molar-refractivity contribution in [3.05, 3.63) is 52.6 Å². The van der Waals surface area contributed by atoms with E-state index < -0.39 is 14.3 Å². The molecule has 0 saturated carbocycles. The van der Waals surface area contributed by atoms with Gasteiger partial charge in [-0.05, 0) is 19.4 Å². The van der Waals surface area contributed by atoms with Crippen LogP contribution in [0.2, 0.25) is 0 Å². The quantitative estimate of drug-likeness (QED) is 0.208. The molecule has 0 amide bonds. The second-order valence-corrected chi connectivity index (χ2v) is 8.37. The van der Waals surface area contributed by atoms with E-state index in [0.29, 0.717) is 32.0 Å². The lowest BCUT2D eigenvalue weighted by Crippen LogP contribution is -2.33. The van der Waals surface area contributed by atoms with Crippen LogP contribution in [0, 0.1) is 0 Å². The maximum absolute atomic E-state index is 12.0. The van der Waals surface area contributed by atoms with Gasteiger partial charge in [0.15, 0.2) is 11.2 Å². The van der Waals surface area contributed by atoms with Gasteiger partial charge in [0, 0.05) is 6.54 Å². The summed E-state index contributed by atoms with van der Waals surface area (Å²) in [6.07, 6.45) is 1.78. The summed E-state index contributed by atoms with van der Waals surface area (Å²) in [6.45, 7) is 4.93. The number of nitrogens with zero attached hydrogens (tertiary/aromatic N) is 3. The van der Waals surface area contributed by atoms with Gasteiger partial charge < -0.3 is 24.3 Å². The molecular weight excluding hydrogens is 435 g/mol. The van der Waals surface area contributed by atoms with Crippen LogP contribution < -0.4 is 16.4 Å². The fourth-order valence-corrected chi connectivity index (χ4v) is 4.18. The average Bonchev–Trinajstić information content (AvgIpc) is 3.18. The fourth-order valence-electron chi connectivity index (χ4n) is 2.82. The number of nitrogens with two attached hydrogens (primary N) is 1. The molecule has 2 aromatic heterocycles. The molecule has 0 aliphatic rings. The highest BCUT2D eigenvalue weighted by Crippen LogP contribution is 2.34. The lowest BCUT2D eigenvalue weighted by molar-refractivity contribution is -0.144. The number of anilines is 1. The summed E-state index contributed by atoms with van der Waals surface area (Å²) in [5.41, 5.74) is 6.87. The highest BCUT2D eigenvalue weighted by atomic mass is 31.2. The van der Waals surface area contributed by atoms with E-state index in [0.717, 1.165) is 5.56 Å². The number of fused-ring (bicyclic) bond motifs is 1. The van der Waals surface area contributed by atoms with Crippen LogP contribution in [0.4, 0.5) is 5.95 Å². The first-order valence-corrected chi connectivity index (χ1v) is 11.6. The fraction of sp³-hybridized carbons (Fsp3) is 0.400. The van der Waals surface area contributed by atoms with Crippen LogP contribution in [0.5, 0.6) is 0 Å². The molecule has 172 valence electrons. The number of rotatable bonds is 12. The predicted molar refractivity (Wildman–Crippen MR) is 121 cm³/mol. The van der Waals surface area contributed by atoms with Gasteiger partial charge in [0.1, 0.15) is 20.7 Å². The Balaban J connectivity index is 1.56.